The average Bonchev–Trinajstić information content (AvgIpc) is 1.92. The van der Waals surface area contributed by atoms with Gasteiger partial charge in [0.1, 0.15) is 0 Å². The van der Waals surface area contributed by atoms with Crippen molar-refractivity contribution in [2.75, 3.05) is 5.73 Å². The fourth-order valence-corrected chi connectivity index (χ4v) is 1.19. The molecule has 1 aromatic rings. The Balaban J connectivity index is 0.00000144. The molecule has 0 aromatic heterocycles. The van der Waals surface area contributed by atoms with Crippen LogP contribution in [0.1, 0.15) is 13.9 Å². The summed E-state index contributed by atoms with van der Waals surface area (Å²) in [6.45, 7) is 1.81. The first-order chi connectivity index (χ1) is 5.43. The molecule has 0 spiro atoms. The van der Waals surface area contributed by atoms with Crippen molar-refractivity contribution in [3.8, 4) is 0 Å². The van der Waals surface area contributed by atoms with Crippen molar-refractivity contribution in [1.82, 2.24) is 0 Å². The Hall–Kier alpha value is -0.0200. The molecule has 0 saturated carbocycles. The van der Waals surface area contributed by atoms with Crippen LogP contribution in [0.5, 0.6) is 0 Å². The molecule has 0 heterocycles. The molecule has 1 rings (SSSR count). The number of nitrogens with two attached hydrogens (primary N) is 1. The van der Waals surface area contributed by atoms with Crippen molar-refractivity contribution >= 4 is 38.6 Å². The molecule has 0 aliphatic rings. The minimum atomic E-state index is -1.49. The molecule has 0 aliphatic carbocycles. The molecule has 1 nitrogen and oxygen atoms in total. The number of hydrogen-bond donors (Lipinski definition) is 1. The maximum atomic E-state index is 7.44. The second-order valence-corrected chi connectivity index (χ2v) is 2.51. The summed E-state index contributed by atoms with van der Waals surface area (Å²) in [6, 6.07) is 5.23. The molecule has 0 radical (unpaired) electrons. The fraction of sp³-hybridized carbons (Fsp3) is 0.250. The van der Waals surface area contributed by atoms with Crippen molar-refractivity contribution in [1.29, 1.82) is 0 Å². The van der Waals surface area contributed by atoms with E-state index in [9.17, 15) is 0 Å². The number of alkyl halides is 1. The van der Waals surface area contributed by atoms with E-state index in [0.29, 0.717) is 11.3 Å². The third kappa shape index (κ3) is 2.49. The summed E-state index contributed by atoms with van der Waals surface area (Å²) in [5.41, 5.74) is 7.63. The Kier molecular flexibility index (Phi) is 3.31. The van der Waals surface area contributed by atoms with Crippen molar-refractivity contribution in [2.45, 2.75) is 12.2 Å². The average molecular weight is 283 g/mol. The molecule has 0 unspecified atom stereocenters. The summed E-state index contributed by atoms with van der Waals surface area (Å²) in [4.78, 5) is 0. The molecule has 0 amide bonds. The lowest BCUT2D eigenvalue weighted by molar-refractivity contribution is 1.32. The van der Waals surface area contributed by atoms with Gasteiger partial charge in [0.15, 0.2) is 0 Å². The highest BCUT2D eigenvalue weighted by molar-refractivity contribution is 9.08. The van der Waals surface area contributed by atoms with Crippen LogP contribution in [-0.4, -0.2) is 0 Å². The Morgan fingerprint density at radius 3 is 2.73 bits per heavy atom. The second kappa shape index (κ2) is 4.78. The minimum absolute atomic E-state index is 0. The summed E-state index contributed by atoms with van der Waals surface area (Å²) < 4.78 is 14.9. The molecule has 2 N–H and O–H groups in total. The number of nitrogen functional groups attached to an aromatic ring is 1. The molecule has 0 atom stereocenters. The van der Waals surface area contributed by atoms with Crippen LogP contribution in [0.15, 0.2) is 18.2 Å². The molecule has 11 heavy (non-hydrogen) atoms. The van der Waals surface area contributed by atoms with E-state index < -0.39 is 5.28 Å². The summed E-state index contributed by atoms with van der Waals surface area (Å²) in [5.74, 6) is 0. The van der Waals surface area contributed by atoms with Gasteiger partial charge in [-0.25, -0.2) is 0 Å². The van der Waals surface area contributed by atoms with Gasteiger partial charge in [0.2, 0.25) is 0 Å². The Labute approximate surface area is 88.7 Å². The van der Waals surface area contributed by atoms with Crippen LogP contribution in [0.2, 0.25) is 0 Å². The lowest BCUT2D eigenvalue weighted by Gasteiger charge is -2.03. The first-order valence-electron chi connectivity index (χ1n) is 3.97. The number of benzene rings is 1. The molecule has 0 saturated heterocycles. The summed E-state index contributed by atoms with van der Waals surface area (Å²) in [5, 5.41) is -1.49. The van der Waals surface area contributed by atoms with E-state index in [0.717, 1.165) is 5.56 Å². The Morgan fingerprint density at radius 1 is 1.64 bits per heavy atom. The maximum Gasteiger partial charge on any atom is 0.0437 e. The van der Waals surface area contributed by atoms with Gasteiger partial charge in [-0.15, -0.1) is 17.0 Å². The largest absolute Gasteiger partial charge is 0.399 e. The van der Waals surface area contributed by atoms with Crippen LogP contribution in [0.25, 0.3) is 0 Å². The van der Waals surface area contributed by atoms with E-state index in [2.05, 4.69) is 15.9 Å². The van der Waals surface area contributed by atoms with Crippen molar-refractivity contribution in [2.24, 2.45) is 0 Å². The predicted octanol–water partition coefficient (Wildman–Crippen LogP) is 3.05. The third-order valence-corrected chi connectivity index (χ3v) is 1.90. The highest BCUT2D eigenvalue weighted by Crippen LogP contribution is 2.17. The molecular formula is C8H11Br2N. The highest BCUT2D eigenvalue weighted by Gasteiger charge is 1.97. The van der Waals surface area contributed by atoms with E-state index in [4.69, 9.17) is 8.48 Å². The first-order valence-corrected chi connectivity index (χ1v) is 3.76. The number of halogens is 2. The molecule has 62 valence electrons. The smallest absolute Gasteiger partial charge is 0.0437 e. The lowest BCUT2D eigenvalue weighted by atomic mass is 10.1. The molecule has 0 aliphatic heterocycles. The van der Waals surface area contributed by atoms with Crippen molar-refractivity contribution in [3.63, 3.8) is 0 Å². The van der Waals surface area contributed by atoms with Crippen molar-refractivity contribution < 1.29 is 2.74 Å². The SMILES string of the molecule is Br.[2H]C([2H])(Br)c1cccc(N)c1C. The van der Waals surface area contributed by atoms with E-state index in [1.807, 2.05) is 6.92 Å². The number of anilines is 1. The predicted molar refractivity (Wildman–Crippen MR) is 58.5 cm³/mol. The highest BCUT2D eigenvalue weighted by atomic mass is 79.9. The number of rotatable bonds is 1. The van der Waals surface area contributed by atoms with Crippen LogP contribution in [0.3, 0.4) is 0 Å². The Morgan fingerprint density at radius 2 is 2.27 bits per heavy atom. The second-order valence-electron chi connectivity index (χ2n) is 2.11. The van der Waals surface area contributed by atoms with Gasteiger partial charge in [-0.3, -0.25) is 0 Å². The number of hydrogen-bond acceptors (Lipinski definition) is 1. The third-order valence-electron chi connectivity index (χ3n) is 1.48. The van der Waals surface area contributed by atoms with Gasteiger partial charge in [-0.05, 0) is 24.1 Å². The van der Waals surface area contributed by atoms with Gasteiger partial charge in [0.25, 0.3) is 0 Å². The van der Waals surface area contributed by atoms with E-state index in [1.54, 1.807) is 18.2 Å². The maximum absolute atomic E-state index is 7.44. The van der Waals surface area contributed by atoms with Gasteiger partial charge in [0.05, 0.1) is 0 Å². The molecule has 0 bridgehead atoms. The fourth-order valence-electron chi connectivity index (χ4n) is 0.756. The van der Waals surface area contributed by atoms with Gasteiger partial charge >= 0.3 is 0 Å². The zero-order valence-electron chi connectivity index (χ0n) is 8.10. The van der Waals surface area contributed by atoms with Crippen LogP contribution in [-0.2, 0) is 5.28 Å². The van der Waals surface area contributed by atoms with Gasteiger partial charge < -0.3 is 5.73 Å². The summed E-state index contributed by atoms with van der Waals surface area (Å²) in [6.07, 6.45) is 0. The summed E-state index contributed by atoms with van der Waals surface area (Å²) in [7, 11) is 0. The monoisotopic (exact) mass is 281 g/mol. The van der Waals surface area contributed by atoms with Crippen LogP contribution in [0.4, 0.5) is 5.69 Å². The molecule has 1 aromatic carbocycles. The van der Waals surface area contributed by atoms with Crippen molar-refractivity contribution in [3.05, 3.63) is 29.3 Å². The van der Waals surface area contributed by atoms with E-state index in [-0.39, 0.29) is 17.0 Å². The molecule has 3 heteroatoms. The van der Waals surface area contributed by atoms with E-state index in [1.165, 1.54) is 0 Å². The minimum Gasteiger partial charge on any atom is -0.399 e. The van der Waals surface area contributed by atoms with E-state index >= 15 is 0 Å². The standard InChI is InChI=1S/C8H10BrN.BrH/c1-6-7(5-9)3-2-4-8(6)10;/h2-4H,5,10H2,1H3;1H/i5D2;. The van der Waals surface area contributed by atoms with Gasteiger partial charge in [-0.1, -0.05) is 28.1 Å². The quantitative estimate of drug-likeness (QED) is 0.622. The molecular weight excluding hydrogens is 270 g/mol. The zero-order valence-corrected chi connectivity index (χ0v) is 9.39. The van der Waals surface area contributed by atoms with Gasteiger partial charge in [0, 0.05) is 13.7 Å². The Bertz CT molecular complexity index is 297. The first kappa shape index (κ1) is 7.62. The molecule has 0 fully saturated rings. The lowest BCUT2D eigenvalue weighted by Crippen LogP contribution is -1.92. The normalized spacial score (nSPS) is 12.9. The summed E-state index contributed by atoms with van der Waals surface area (Å²) >= 11 is 2.95. The van der Waals surface area contributed by atoms with Crippen LogP contribution >= 0.6 is 32.9 Å². The van der Waals surface area contributed by atoms with Crippen LogP contribution in [0, 0.1) is 6.92 Å². The topological polar surface area (TPSA) is 26.0 Å². The zero-order chi connectivity index (χ0) is 9.35. The van der Waals surface area contributed by atoms with Crippen LogP contribution < -0.4 is 5.73 Å². The van der Waals surface area contributed by atoms with Gasteiger partial charge in [-0.2, -0.15) is 0 Å².